The molecule has 6 nitrogen and oxygen atoms in total. The number of Topliss-reactive ketones (excluding diaryl/α,β-unsaturated/α-hetero) is 1. The minimum absolute atomic E-state index is 0.0781. The fourth-order valence-electron chi connectivity index (χ4n) is 3.14. The number of rotatable bonds is 8. The van der Waals surface area contributed by atoms with E-state index in [1.165, 1.54) is 24.2 Å². The molecule has 0 fully saturated rings. The van der Waals surface area contributed by atoms with E-state index in [4.69, 9.17) is 0 Å². The lowest BCUT2D eigenvalue weighted by molar-refractivity contribution is -0.116. The zero-order valence-electron chi connectivity index (χ0n) is 16.3. The second-order valence-electron chi connectivity index (χ2n) is 6.81. The topological polar surface area (TPSA) is 77.7 Å². The van der Waals surface area contributed by atoms with Gasteiger partial charge in [0.1, 0.15) is 5.78 Å². The summed E-state index contributed by atoms with van der Waals surface area (Å²) < 4.78 is 1.60. The van der Waals surface area contributed by atoms with Crippen molar-refractivity contribution in [3.05, 3.63) is 94.5 Å². The van der Waals surface area contributed by atoms with Crippen LogP contribution in [-0.4, -0.2) is 31.1 Å². The van der Waals surface area contributed by atoms with E-state index in [1.807, 2.05) is 60.7 Å². The highest BCUT2D eigenvalue weighted by Gasteiger charge is 2.15. The summed E-state index contributed by atoms with van der Waals surface area (Å²) >= 11 is 1.27. The van der Waals surface area contributed by atoms with E-state index in [0.717, 1.165) is 11.1 Å². The smallest absolute Gasteiger partial charge is 0.282 e. The van der Waals surface area contributed by atoms with E-state index in [-0.39, 0.29) is 22.6 Å². The molecule has 0 atom stereocenters. The molecule has 0 aliphatic heterocycles. The van der Waals surface area contributed by atoms with E-state index in [0.29, 0.717) is 30.2 Å². The molecule has 4 aromatic rings. The molecule has 0 bridgehead atoms. The fraction of sp³-hybridized carbons (Fsp3) is 0.174. The molecule has 0 saturated heterocycles. The highest BCUT2D eigenvalue weighted by molar-refractivity contribution is 7.99. The molecule has 0 N–H and O–H groups in total. The summed E-state index contributed by atoms with van der Waals surface area (Å²) in [4.78, 5) is 38.3. The van der Waals surface area contributed by atoms with Gasteiger partial charge in [-0.2, -0.15) is 0 Å². The van der Waals surface area contributed by atoms with Crippen LogP contribution in [0.5, 0.6) is 0 Å². The number of thioether (sulfide) groups is 1. The second kappa shape index (κ2) is 9.45. The molecule has 0 radical (unpaired) electrons. The molecule has 7 heteroatoms. The zero-order chi connectivity index (χ0) is 20.8. The van der Waals surface area contributed by atoms with E-state index in [9.17, 15) is 9.59 Å². The molecule has 2 aromatic carbocycles. The fourth-order valence-corrected chi connectivity index (χ4v) is 4.01. The largest absolute Gasteiger partial charge is 0.298 e. The number of benzene rings is 2. The van der Waals surface area contributed by atoms with Crippen LogP contribution in [0.4, 0.5) is 0 Å². The average molecular weight is 417 g/mol. The standard InChI is InChI=1S/C23H20N4O2S/c28-19(15-18-9-5-2-6-10-18)16-30-23-26-21-20(24-12-13-25-21)22(29)27(23)14-11-17-7-3-1-4-8-17/h1-10,12-13H,11,14-16H2. The number of aryl methyl sites for hydroxylation is 1. The van der Waals surface area contributed by atoms with Gasteiger partial charge in [-0.25, -0.2) is 15.0 Å². The first kappa shape index (κ1) is 20.0. The summed E-state index contributed by atoms with van der Waals surface area (Å²) in [6, 6.07) is 19.6. The summed E-state index contributed by atoms with van der Waals surface area (Å²) in [6.45, 7) is 0.456. The van der Waals surface area contributed by atoms with Gasteiger partial charge in [0.05, 0.1) is 5.75 Å². The first-order valence-electron chi connectivity index (χ1n) is 9.64. The summed E-state index contributed by atoms with van der Waals surface area (Å²) in [5.41, 5.74) is 2.41. The maximum Gasteiger partial charge on any atom is 0.282 e. The van der Waals surface area contributed by atoms with Crippen molar-refractivity contribution in [2.75, 3.05) is 5.75 Å². The van der Waals surface area contributed by atoms with E-state index in [1.54, 1.807) is 4.57 Å². The Bertz CT molecular complexity index is 1210. The Morgan fingerprint density at radius 2 is 1.57 bits per heavy atom. The van der Waals surface area contributed by atoms with Gasteiger partial charge in [-0.3, -0.25) is 14.2 Å². The van der Waals surface area contributed by atoms with Gasteiger partial charge in [0.25, 0.3) is 5.56 Å². The van der Waals surface area contributed by atoms with Crippen molar-refractivity contribution in [1.82, 2.24) is 19.5 Å². The molecule has 4 rings (SSSR count). The van der Waals surface area contributed by atoms with E-state index in [2.05, 4.69) is 15.0 Å². The lowest BCUT2D eigenvalue weighted by Gasteiger charge is -2.12. The Morgan fingerprint density at radius 3 is 2.30 bits per heavy atom. The van der Waals surface area contributed by atoms with Crippen molar-refractivity contribution in [2.24, 2.45) is 0 Å². The Labute approximate surface area is 178 Å². The Morgan fingerprint density at radius 1 is 0.900 bits per heavy atom. The van der Waals surface area contributed by atoms with Crippen LogP contribution in [-0.2, 0) is 24.2 Å². The highest BCUT2D eigenvalue weighted by Crippen LogP contribution is 2.18. The SMILES string of the molecule is O=C(CSc1nc2nccnc2c(=O)n1CCc1ccccc1)Cc1ccccc1. The number of fused-ring (bicyclic) bond motifs is 1. The van der Waals surface area contributed by atoms with E-state index >= 15 is 0 Å². The molecule has 0 unspecified atom stereocenters. The Balaban J connectivity index is 1.57. The molecule has 0 aliphatic rings. The zero-order valence-corrected chi connectivity index (χ0v) is 17.1. The minimum atomic E-state index is -0.234. The minimum Gasteiger partial charge on any atom is -0.298 e. The maximum absolute atomic E-state index is 13.0. The predicted molar refractivity (Wildman–Crippen MR) is 118 cm³/mol. The third-order valence-electron chi connectivity index (χ3n) is 4.63. The van der Waals surface area contributed by atoms with Crippen LogP contribution in [0.2, 0.25) is 0 Å². The molecule has 30 heavy (non-hydrogen) atoms. The lowest BCUT2D eigenvalue weighted by Crippen LogP contribution is -2.25. The van der Waals surface area contributed by atoms with E-state index < -0.39 is 0 Å². The van der Waals surface area contributed by atoms with Crippen molar-refractivity contribution in [3.8, 4) is 0 Å². The molecular weight excluding hydrogens is 396 g/mol. The van der Waals surface area contributed by atoms with Crippen LogP contribution >= 0.6 is 11.8 Å². The van der Waals surface area contributed by atoms with Gasteiger partial charge < -0.3 is 0 Å². The highest BCUT2D eigenvalue weighted by atomic mass is 32.2. The summed E-state index contributed by atoms with van der Waals surface area (Å²) in [7, 11) is 0. The normalized spacial score (nSPS) is 10.9. The lowest BCUT2D eigenvalue weighted by atomic mass is 10.1. The summed E-state index contributed by atoms with van der Waals surface area (Å²) in [5, 5.41) is 0.491. The van der Waals surface area contributed by atoms with Crippen LogP contribution in [0.1, 0.15) is 11.1 Å². The van der Waals surface area contributed by atoms with Gasteiger partial charge in [-0.15, -0.1) is 0 Å². The van der Waals surface area contributed by atoms with Crippen LogP contribution in [0.15, 0.2) is 83.0 Å². The van der Waals surface area contributed by atoms with Crippen molar-refractivity contribution >= 4 is 28.7 Å². The number of hydrogen-bond donors (Lipinski definition) is 0. The molecule has 0 aliphatic carbocycles. The van der Waals surface area contributed by atoms with Gasteiger partial charge >= 0.3 is 0 Å². The number of carbonyl (C=O) groups is 1. The molecule has 2 aromatic heterocycles. The summed E-state index contributed by atoms with van der Waals surface area (Å²) in [6.07, 6.45) is 4.04. The third kappa shape index (κ3) is 4.80. The number of nitrogens with zero attached hydrogens (tertiary/aromatic N) is 4. The number of hydrogen-bond acceptors (Lipinski definition) is 6. The van der Waals surface area contributed by atoms with Gasteiger partial charge in [-0.05, 0) is 17.5 Å². The van der Waals surface area contributed by atoms with Gasteiger partial charge in [0, 0.05) is 25.4 Å². The van der Waals surface area contributed by atoms with Crippen LogP contribution in [0.3, 0.4) is 0 Å². The Kier molecular flexibility index (Phi) is 6.29. The van der Waals surface area contributed by atoms with Crippen molar-refractivity contribution in [2.45, 2.75) is 24.5 Å². The van der Waals surface area contributed by atoms with Gasteiger partial charge in [0.2, 0.25) is 0 Å². The Hall–Kier alpha value is -3.32. The quantitative estimate of drug-likeness (QED) is 0.324. The van der Waals surface area contributed by atoms with Crippen molar-refractivity contribution in [3.63, 3.8) is 0 Å². The first-order valence-corrected chi connectivity index (χ1v) is 10.6. The first-order chi connectivity index (χ1) is 14.7. The number of ketones is 1. The average Bonchev–Trinajstić information content (AvgIpc) is 2.78. The third-order valence-corrected chi connectivity index (χ3v) is 5.67. The molecule has 0 amide bonds. The molecule has 0 saturated carbocycles. The predicted octanol–water partition coefficient (Wildman–Crippen LogP) is 3.33. The molecular formula is C23H20N4O2S. The monoisotopic (exact) mass is 416 g/mol. The molecule has 2 heterocycles. The molecule has 150 valence electrons. The maximum atomic E-state index is 13.0. The van der Waals surface area contributed by atoms with Crippen molar-refractivity contribution in [1.29, 1.82) is 0 Å². The second-order valence-corrected chi connectivity index (χ2v) is 7.75. The van der Waals surface area contributed by atoms with Crippen LogP contribution < -0.4 is 5.56 Å². The van der Waals surface area contributed by atoms with Gasteiger partial charge in [-0.1, -0.05) is 72.4 Å². The summed E-state index contributed by atoms with van der Waals surface area (Å²) in [5.74, 6) is 0.313. The molecule has 0 spiro atoms. The van der Waals surface area contributed by atoms with Crippen molar-refractivity contribution < 1.29 is 4.79 Å². The van der Waals surface area contributed by atoms with Crippen LogP contribution in [0, 0.1) is 0 Å². The van der Waals surface area contributed by atoms with Crippen LogP contribution in [0.25, 0.3) is 11.2 Å². The number of aromatic nitrogens is 4. The number of carbonyl (C=O) groups excluding carboxylic acids is 1. The van der Waals surface area contributed by atoms with Gasteiger partial charge in [0.15, 0.2) is 16.3 Å².